The molecule has 0 aromatic heterocycles. The summed E-state index contributed by atoms with van der Waals surface area (Å²) in [7, 11) is 1.64. The van der Waals surface area contributed by atoms with Gasteiger partial charge in [0.15, 0.2) is 0 Å². The molecule has 0 heterocycles. The summed E-state index contributed by atoms with van der Waals surface area (Å²) >= 11 is 0. The Morgan fingerprint density at radius 2 is 1.58 bits per heavy atom. The summed E-state index contributed by atoms with van der Waals surface area (Å²) in [6, 6.07) is 0. The van der Waals surface area contributed by atoms with Gasteiger partial charge in [-0.3, -0.25) is 4.79 Å². The maximum absolute atomic E-state index is 11.6. The highest BCUT2D eigenvalue weighted by molar-refractivity contribution is 5.78. The largest absolute Gasteiger partial charge is 0.382 e. The number of nitrogens with one attached hydrogen (secondary N) is 1. The van der Waals surface area contributed by atoms with Crippen LogP contribution in [0.3, 0.4) is 0 Å². The van der Waals surface area contributed by atoms with Crippen molar-refractivity contribution in [2.24, 2.45) is 0 Å². The first-order valence-electron chi connectivity index (χ1n) is 6.89. The molecule has 0 bridgehead atoms. The second-order valence-corrected chi connectivity index (χ2v) is 3.96. The number of hydrogen-bond acceptors (Lipinski definition) is 5. The van der Waals surface area contributed by atoms with Crippen LogP contribution in [0.2, 0.25) is 0 Å². The fourth-order valence-electron chi connectivity index (χ4n) is 1.49. The molecule has 114 valence electrons. The number of amides is 1. The second kappa shape index (κ2) is 13.7. The molecule has 0 aliphatic rings. The van der Waals surface area contributed by atoms with Crippen LogP contribution in [0.15, 0.2) is 0 Å². The van der Waals surface area contributed by atoms with E-state index in [4.69, 9.17) is 14.2 Å². The van der Waals surface area contributed by atoms with Crippen LogP contribution in [0.25, 0.3) is 0 Å². The van der Waals surface area contributed by atoms with Gasteiger partial charge in [-0.25, -0.2) is 0 Å². The number of hydrogen-bond donors (Lipinski definition) is 1. The third-order valence-electron chi connectivity index (χ3n) is 2.62. The van der Waals surface area contributed by atoms with Gasteiger partial charge >= 0.3 is 0 Å². The monoisotopic (exact) mass is 276 g/mol. The van der Waals surface area contributed by atoms with Gasteiger partial charge in [0.2, 0.25) is 5.91 Å². The van der Waals surface area contributed by atoms with Crippen molar-refractivity contribution in [3.8, 4) is 0 Å². The second-order valence-electron chi connectivity index (χ2n) is 3.96. The Hall–Kier alpha value is -0.690. The first-order chi connectivity index (χ1) is 9.26. The number of nitrogens with zero attached hydrogens (tertiary/aromatic N) is 1. The van der Waals surface area contributed by atoms with Crippen molar-refractivity contribution in [3.63, 3.8) is 0 Å². The van der Waals surface area contributed by atoms with Crippen LogP contribution in [0.1, 0.15) is 13.8 Å². The summed E-state index contributed by atoms with van der Waals surface area (Å²) in [6.07, 6.45) is 0. The van der Waals surface area contributed by atoms with Crippen molar-refractivity contribution in [2.45, 2.75) is 13.8 Å². The number of carbonyl (C=O) groups excluding carboxylic acids is 1. The highest BCUT2D eigenvalue weighted by atomic mass is 16.5. The van der Waals surface area contributed by atoms with Crippen LogP contribution in [0.5, 0.6) is 0 Å². The van der Waals surface area contributed by atoms with Crippen LogP contribution >= 0.6 is 0 Å². The summed E-state index contributed by atoms with van der Waals surface area (Å²) in [5.41, 5.74) is 0. The van der Waals surface area contributed by atoms with Crippen molar-refractivity contribution < 1.29 is 19.0 Å². The highest BCUT2D eigenvalue weighted by Crippen LogP contribution is 1.87. The molecule has 0 aliphatic heterocycles. The van der Waals surface area contributed by atoms with Crippen molar-refractivity contribution in [2.75, 3.05) is 66.3 Å². The molecule has 0 aromatic carbocycles. The van der Waals surface area contributed by atoms with Crippen LogP contribution in [-0.2, 0) is 19.0 Å². The number of ether oxygens (including phenoxy) is 3. The molecule has 0 saturated heterocycles. The molecule has 0 rings (SSSR count). The summed E-state index contributed by atoms with van der Waals surface area (Å²) < 4.78 is 15.5. The van der Waals surface area contributed by atoms with Crippen molar-refractivity contribution in [1.82, 2.24) is 10.2 Å². The van der Waals surface area contributed by atoms with Crippen molar-refractivity contribution >= 4 is 5.91 Å². The zero-order valence-electron chi connectivity index (χ0n) is 12.4. The Morgan fingerprint density at radius 3 is 2.16 bits per heavy atom. The van der Waals surface area contributed by atoms with Gasteiger partial charge < -0.3 is 24.4 Å². The minimum atomic E-state index is 0.132. The molecule has 0 spiro atoms. The van der Waals surface area contributed by atoms with Gasteiger partial charge in [-0.15, -0.1) is 0 Å². The van der Waals surface area contributed by atoms with Gasteiger partial charge in [0.25, 0.3) is 0 Å². The molecular formula is C13H28N2O4. The van der Waals surface area contributed by atoms with Crippen LogP contribution in [0.4, 0.5) is 0 Å². The standard InChI is InChI=1S/C13H28N2O4/c1-4-15(5-2)13(16)12-14-6-7-18-10-11-19-9-8-17-3/h14H,4-12H2,1-3H3. The van der Waals surface area contributed by atoms with E-state index in [0.717, 1.165) is 13.1 Å². The number of likely N-dealkylation sites (N-methyl/N-ethyl adjacent to an activating group) is 1. The highest BCUT2D eigenvalue weighted by Gasteiger charge is 2.07. The average Bonchev–Trinajstić information content (AvgIpc) is 2.42. The first-order valence-corrected chi connectivity index (χ1v) is 6.89. The predicted molar refractivity (Wildman–Crippen MR) is 74.3 cm³/mol. The minimum absolute atomic E-state index is 0.132. The summed E-state index contributed by atoms with van der Waals surface area (Å²) in [4.78, 5) is 13.4. The number of methoxy groups -OCH3 is 1. The molecule has 0 atom stereocenters. The summed E-state index contributed by atoms with van der Waals surface area (Å²) in [5, 5.41) is 3.07. The molecule has 0 unspecified atom stereocenters. The van der Waals surface area contributed by atoms with E-state index in [-0.39, 0.29) is 5.91 Å². The Labute approximate surface area is 116 Å². The molecule has 0 radical (unpaired) electrons. The molecule has 0 saturated carbocycles. The van der Waals surface area contributed by atoms with Gasteiger partial charge in [0, 0.05) is 26.7 Å². The normalized spacial score (nSPS) is 10.7. The third-order valence-corrected chi connectivity index (χ3v) is 2.62. The molecular weight excluding hydrogens is 248 g/mol. The minimum Gasteiger partial charge on any atom is -0.382 e. The van der Waals surface area contributed by atoms with Crippen LogP contribution in [0, 0.1) is 0 Å². The fourth-order valence-corrected chi connectivity index (χ4v) is 1.49. The first kappa shape index (κ1) is 18.3. The Morgan fingerprint density at radius 1 is 1.00 bits per heavy atom. The van der Waals surface area contributed by atoms with Gasteiger partial charge in [0.05, 0.1) is 39.6 Å². The smallest absolute Gasteiger partial charge is 0.236 e. The molecule has 1 N–H and O–H groups in total. The predicted octanol–water partition coefficient (Wildman–Crippen LogP) is 0.124. The zero-order valence-corrected chi connectivity index (χ0v) is 12.4. The quantitative estimate of drug-likeness (QED) is 0.484. The molecule has 6 heteroatoms. The lowest BCUT2D eigenvalue weighted by atomic mass is 10.4. The van der Waals surface area contributed by atoms with E-state index in [1.807, 2.05) is 13.8 Å². The maximum Gasteiger partial charge on any atom is 0.236 e. The maximum atomic E-state index is 11.6. The Kier molecular flexibility index (Phi) is 13.2. The van der Waals surface area contributed by atoms with E-state index in [0.29, 0.717) is 46.1 Å². The lowest BCUT2D eigenvalue weighted by molar-refractivity contribution is -0.129. The van der Waals surface area contributed by atoms with Gasteiger partial charge in [0.1, 0.15) is 0 Å². The summed E-state index contributed by atoms with van der Waals surface area (Å²) in [6.45, 7) is 9.43. The third kappa shape index (κ3) is 10.9. The van der Waals surface area contributed by atoms with Crippen LogP contribution in [-0.4, -0.2) is 77.1 Å². The fraction of sp³-hybridized carbons (Fsp3) is 0.923. The molecule has 19 heavy (non-hydrogen) atoms. The van der Waals surface area contributed by atoms with E-state index in [2.05, 4.69) is 5.32 Å². The lowest BCUT2D eigenvalue weighted by Gasteiger charge is -2.18. The van der Waals surface area contributed by atoms with Gasteiger partial charge in [-0.05, 0) is 13.8 Å². The van der Waals surface area contributed by atoms with Crippen molar-refractivity contribution in [3.05, 3.63) is 0 Å². The molecule has 0 aromatic rings. The average molecular weight is 276 g/mol. The Balaban J connectivity index is 3.24. The van der Waals surface area contributed by atoms with E-state index in [1.54, 1.807) is 12.0 Å². The van der Waals surface area contributed by atoms with E-state index >= 15 is 0 Å². The molecule has 1 amide bonds. The molecule has 0 aliphatic carbocycles. The van der Waals surface area contributed by atoms with E-state index in [1.165, 1.54) is 0 Å². The Bertz CT molecular complexity index is 211. The summed E-state index contributed by atoms with van der Waals surface area (Å²) in [5.74, 6) is 0.132. The lowest BCUT2D eigenvalue weighted by Crippen LogP contribution is -2.38. The van der Waals surface area contributed by atoms with Gasteiger partial charge in [-0.1, -0.05) is 0 Å². The molecule has 0 fully saturated rings. The zero-order chi connectivity index (χ0) is 14.3. The number of rotatable bonds is 13. The SMILES string of the molecule is CCN(CC)C(=O)CNCCOCCOCCOC. The van der Waals surface area contributed by atoms with Gasteiger partial charge in [-0.2, -0.15) is 0 Å². The number of carbonyl (C=O) groups is 1. The van der Waals surface area contributed by atoms with E-state index < -0.39 is 0 Å². The van der Waals surface area contributed by atoms with Crippen LogP contribution < -0.4 is 5.32 Å². The van der Waals surface area contributed by atoms with Crippen molar-refractivity contribution in [1.29, 1.82) is 0 Å². The van der Waals surface area contributed by atoms with E-state index in [9.17, 15) is 4.79 Å². The topological polar surface area (TPSA) is 60.0 Å². The molecule has 6 nitrogen and oxygen atoms in total.